The van der Waals surface area contributed by atoms with E-state index in [2.05, 4.69) is 15.6 Å². The van der Waals surface area contributed by atoms with Gasteiger partial charge in [0, 0.05) is 35.8 Å². The van der Waals surface area contributed by atoms with Crippen molar-refractivity contribution in [1.29, 1.82) is 0 Å². The second-order valence-corrected chi connectivity index (χ2v) is 8.63. The monoisotopic (exact) mass is 467 g/mol. The number of fused-ring (bicyclic) bond motifs is 1. The Morgan fingerprint density at radius 3 is 2.65 bits per heavy atom. The Hall–Kier alpha value is -2.58. The van der Waals surface area contributed by atoms with E-state index < -0.39 is 5.82 Å². The second-order valence-electron chi connectivity index (χ2n) is 7.82. The highest BCUT2D eigenvalue weighted by molar-refractivity contribution is 6.31. The van der Waals surface area contributed by atoms with Gasteiger partial charge in [-0.3, -0.25) is 9.59 Å². The fourth-order valence-corrected chi connectivity index (χ4v) is 4.05. The summed E-state index contributed by atoms with van der Waals surface area (Å²) < 4.78 is 24.1. The number of benzene rings is 1. The average Bonchev–Trinajstić information content (AvgIpc) is 3.31. The number of ether oxygens (including phenoxy) is 2. The molecule has 164 valence electrons. The van der Waals surface area contributed by atoms with Crippen LogP contribution in [0, 0.1) is 18.7 Å². The van der Waals surface area contributed by atoms with Crippen LogP contribution in [0.5, 0.6) is 11.6 Å². The van der Waals surface area contributed by atoms with E-state index in [0.717, 1.165) is 18.1 Å². The lowest BCUT2D eigenvalue weighted by molar-refractivity contribution is -0.125. The van der Waals surface area contributed by atoms with Gasteiger partial charge >= 0.3 is 0 Å². The summed E-state index contributed by atoms with van der Waals surface area (Å²) in [4.78, 5) is 28.3. The number of carbonyl (C=O) groups is 2. The first-order valence-electron chi connectivity index (χ1n) is 9.69. The van der Waals surface area contributed by atoms with E-state index in [1.807, 2.05) is 6.92 Å². The summed E-state index contributed by atoms with van der Waals surface area (Å²) in [6.45, 7) is 1.45. The average molecular weight is 468 g/mol. The number of hydrogen-bond acceptors (Lipinski definition) is 5. The normalized spacial score (nSPS) is 23.2. The number of carbonyl (C=O) groups excluding carboxylic acids is 2. The quantitative estimate of drug-likeness (QED) is 0.622. The maximum Gasteiger partial charge on any atom is 0.258 e. The highest BCUT2D eigenvalue weighted by Crippen LogP contribution is 2.59. The summed E-state index contributed by atoms with van der Waals surface area (Å²) in [7, 11) is 0. The molecule has 3 atom stereocenters. The number of amides is 2. The third-order valence-corrected chi connectivity index (χ3v) is 6.27. The van der Waals surface area contributed by atoms with Crippen LogP contribution < -0.4 is 20.1 Å². The number of pyridine rings is 1. The van der Waals surface area contributed by atoms with Gasteiger partial charge < -0.3 is 20.1 Å². The number of hydrogen-bond donors (Lipinski definition) is 2. The van der Waals surface area contributed by atoms with Crippen LogP contribution >= 0.6 is 23.2 Å². The summed E-state index contributed by atoms with van der Waals surface area (Å²) in [6, 6.07) is 5.65. The molecular formula is C21H20Cl2FN3O4. The van der Waals surface area contributed by atoms with Crippen molar-refractivity contribution in [3.05, 3.63) is 51.9 Å². The minimum absolute atomic E-state index is 0.0102. The molecule has 0 bridgehead atoms. The molecule has 1 aromatic carbocycles. The van der Waals surface area contributed by atoms with Gasteiger partial charge in [0.25, 0.3) is 11.8 Å². The fourth-order valence-electron chi connectivity index (χ4n) is 3.83. The molecule has 2 aliphatic carbocycles. The molecule has 2 amide bonds. The Balaban J connectivity index is 1.17. The van der Waals surface area contributed by atoms with Crippen LogP contribution in [0.25, 0.3) is 0 Å². The van der Waals surface area contributed by atoms with Crippen LogP contribution in [0.15, 0.2) is 30.5 Å². The number of halogens is 3. The van der Waals surface area contributed by atoms with Gasteiger partial charge in [-0.1, -0.05) is 23.2 Å². The summed E-state index contributed by atoms with van der Waals surface area (Å²) >= 11 is 11.5. The molecule has 4 rings (SSSR count). The molecule has 2 fully saturated rings. The number of nitrogens with zero attached hydrogens (tertiary/aromatic N) is 1. The molecular weight excluding hydrogens is 448 g/mol. The summed E-state index contributed by atoms with van der Waals surface area (Å²) in [5.74, 6) is -0.409. The molecule has 2 aliphatic rings. The number of aromatic nitrogens is 1. The lowest BCUT2D eigenvalue weighted by Crippen LogP contribution is -2.57. The van der Waals surface area contributed by atoms with E-state index in [4.69, 9.17) is 32.7 Å². The molecule has 10 heteroatoms. The summed E-state index contributed by atoms with van der Waals surface area (Å²) in [6.07, 6.45) is 2.91. The van der Waals surface area contributed by atoms with E-state index in [1.165, 1.54) is 18.3 Å². The van der Waals surface area contributed by atoms with Crippen LogP contribution in [-0.2, 0) is 9.59 Å². The van der Waals surface area contributed by atoms with Gasteiger partial charge in [-0.25, -0.2) is 9.37 Å². The first-order valence-corrected chi connectivity index (χ1v) is 10.4. The predicted molar refractivity (Wildman–Crippen MR) is 112 cm³/mol. The third-order valence-electron chi connectivity index (χ3n) is 5.57. The zero-order valence-corrected chi connectivity index (χ0v) is 18.1. The van der Waals surface area contributed by atoms with E-state index in [0.29, 0.717) is 17.3 Å². The summed E-state index contributed by atoms with van der Waals surface area (Å²) in [5, 5.41) is 6.39. The van der Waals surface area contributed by atoms with Crippen molar-refractivity contribution in [3.8, 4) is 11.6 Å². The molecule has 0 aliphatic heterocycles. The van der Waals surface area contributed by atoms with Gasteiger partial charge in [-0.15, -0.1) is 0 Å². The Bertz CT molecular complexity index is 1040. The Morgan fingerprint density at radius 1 is 1.16 bits per heavy atom. The van der Waals surface area contributed by atoms with Gasteiger partial charge in [0.1, 0.15) is 11.6 Å². The van der Waals surface area contributed by atoms with Gasteiger partial charge in [0.05, 0.1) is 10.0 Å². The van der Waals surface area contributed by atoms with Crippen molar-refractivity contribution < 1.29 is 23.5 Å². The highest BCUT2D eigenvalue weighted by atomic mass is 35.5. The molecule has 2 aromatic rings. The van der Waals surface area contributed by atoms with Crippen LogP contribution in [0.4, 0.5) is 4.39 Å². The fraction of sp³-hybridized carbons (Fsp3) is 0.381. The molecule has 3 unspecified atom stereocenters. The Labute approximate surface area is 188 Å². The largest absolute Gasteiger partial charge is 0.484 e. The Kier molecular flexibility index (Phi) is 5.94. The van der Waals surface area contributed by atoms with E-state index in [1.54, 1.807) is 6.07 Å². The zero-order chi connectivity index (χ0) is 22.2. The zero-order valence-electron chi connectivity index (χ0n) is 16.6. The number of aryl methyl sites for hydroxylation is 1. The van der Waals surface area contributed by atoms with E-state index in [9.17, 15) is 14.0 Å². The maximum atomic E-state index is 13.4. The van der Waals surface area contributed by atoms with Crippen molar-refractivity contribution in [1.82, 2.24) is 15.6 Å². The first kappa shape index (κ1) is 21.6. The van der Waals surface area contributed by atoms with Gasteiger partial charge in [0.15, 0.2) is 13.2 Å². The number of rotatable bonds is 8. The van der Waals surface area contributed by atoms with Crippen molar-refractivity contribution in [2.75, 3.05) is 13.2 Å². The minimum Gasteiger partial charge on any atom is -0.484 e. The molecule has 7 nitrogen and oxygen atoms in total. The van der Waals surface area contributed by atoms with Crippen molar-refractivity contribution in [3.63, 3.8) is 0 Å². The predicted octanol–water partition coefficient (Wildman–Crippen LogP) is 3.06. The molecule has 2 saturated carbocycles. The highest BCUT2D eigenvalue weighted by Gasteiger charge is 2.68. The third kappa shape index (κ3) is 4.85. The van der Waals surface area contributed by atoms with Crippen LogP contribution in [-0.4, -0.2) is 41.6 Å². The molecule has 1 heterocycles. The number of nitrogens with one attached hydrogen (secondary N) is 2. The van der Waals surface area contributed by atoms with E-state index >= 15 is 0 Å². The SMILES string of the molecule is Cc1cc(OCC(=O)NC2CC3(NC(=O)COc4ccc(Cl)c(F)c4)CC23)ncc1Cl. The van der Waals surface area contributed by atoms with Crippen molar-refractivity contribution in [2.24, 2.45) is 5.92 Å². The smallest absolute Gasteiger partial charge is 0.258 e. The first-order chi connectivity index (χ1) is 14.8. The van der Waals surface area contributed by atoms with Crippen LogP contribution in [0.2, 0.25) is 10.0 Å². The van der Waals surface area contributed by atoms with Gasteiger partial charge in [-0.05, 0) is 37.5 Å². The molecule has 0 spiro atoms. The summed E-state index contributed by atoms with van der Waals surface area (Å²) in [5.41, 5.74) is 0.522. The van der Waals surface area contributed by atoms with Crippen molar-refractivity contribution >= 4 is 35.0 Å². The minimum atomic E-state index is -0.607. The molecule has 0 saturated heterocycles. The second kappa shape index (κ2) is 8.51. The molecule has 2 N–H and O–H groups in total. The Morgan fingerprint density at radius 2 is 1.94 bits per heavy atom. The van der Waals surface area contributed by atoms with Gasteiger partial charge in [0.2, 0.25) is 5.88 Å². The molecule has 1 aromatic heterocycles. The van der Waals surface area contributed by atoms with Gasteiger partial charge in [-0.2, -0.15) is 0 Å². The lowest BCUT2D eigenvalue weighted by atomic mass is 9.86. The van der Waals surface area contributed by atoms with Crippen molar-refractivity contribution in [2.45, 2.75) is 31.3 Å². The van der Waals surface area contributed by atoms with Crippen LogP contribution in [0.3, 0.4) is 0 Å². The topological polar surface area (TPSA) is 89.6 Å². The molecule has 31 heavy (non-hydrogen) atoms. The molecule has 0 radical (unpaired) electrons. The van der Waals surface area contributed by atoms with E-state index in [-0.39, 0.29) is 53.3 Å². The maximum absolute atomic E-state index is 13.4. The lowest BCUT2D eigenvalue weighted by Gasteiger charge is -2.35. The van der Waals surface area contributed by atoms with Crippen LogP contribution in [0.1, 0.15) is 18.4 Å². The standard InChI is InChI=1S/C21H20Cl2FN3O4/c1-11-4-20(25-8-15(11)23)31-9-18(28)26-17-7-21(6-13(17)21)27-19(29)10-30-12-2-3-14(22)16(24)5-12/h2-5,8,13,17H,6-7,9-10H2,1H3,(H,26,28)(H,27,29).